The number of nitrogens with zero attached hydrogens (tertiary/aromatic N) is 6. The number of pyridine rings is 2. The molecule has 2 atom stereocenters. The molecule has 3 aliphatic rings. The third-order valence-electron chi connectivity index (χ3n) is 6.54. The molecule has 3 saturated heterocycles. The van der Waals surface area contributed by atoms with Gasteiger partial charge in [-0.1, -0.05) is 12.6 Å². The SMILES string of the molecule is C=C(/C=C(/C)N=C(C)c1ccc(N2CC3CC(C2)N3Cc2ccc(C)nc2)nc1)N=C(N)/C=C(/C)N. The first-order chi connectivity index (χ1) is 17.2. The van der Waals surface area contributed by atoms with Gasteiger partial charge in [0, 0.05) is 72.5 Å². The molecule has 36 heavy (non-hydrogen) atoms. The third kappa shape index (κ3) is 6.26. The van der Waals surface area contributed by atoms with Crippen molar-refractivity contribution < 1.29 is 0 Å². The number of anilines is 1. The molecule has 4 N–H and O–H groups in total. The predicted octanol–water partition coefficient (Wildman–Crippen LogP) is 3.69. The fourth-order valence-corrected chi connectivity index (χ4v) is 4.79. The van der Waals surface area contributed by atoms with Gasteiger partial charge in [-0.05, 0) is 70.0 Å². The van der Waals surface area contributed by atoms with Crippen LogP contribution in [0, 0.1) is 6.92 Å². The molecular weight excluding hydrogens is 448 g/mol. The van der Waals surface area contributed by atoms with Gasteiger partial charge in [0.2, 0.25) is 0 Å². The third-order valence-corrected chi connectivity index (χ3v) is 6.54. The average molecular weight is 485 g/mol. The van der Waals surface area contributed by atoms with E-state index < -0.39 is 0 Å². The normalized spacial score (nSPS) is 21.4. The largest absolute Gasteiger partial charge is 0.402 e. The molecule has 2 aromatic heterocycles. The standard InChI is InChI=1S/C28H36N8/c1-18(29)10-27(30)34-21(4)11-20(3)33-22(5)24-8-9-28(32-14-24)35-16-25-12-26(17-35)36(25)15-23-7-6-19(2)31-13-23/h6-11,13-14,25-26H,4,12,15-17,29H2,1-3,5H3,(H2,30,34)/b18-10-,20-11-,33-22?. The molecular formula is C28H36N8. The van der Waals surface area contributed by atoms with Gasteiger partial charge in [0.15, 0.2) is 0 Å². The van der Waals surface area contributed by atoms with Gasteiger partial charge in [-0.3, -0.25) is 14.9 Å². The summed E-state index contributed by atoms with van der Waals surface area (Å²) in [7, 11) is 0. The van der Waals surface area contributed by atoms with Crippen LogP contribution in [-0.2, 0) is 6.54 Å². The fourth-order valence-electron chi connectivity index (χ4n) is 4.79. The molecule has 0 aliphatic carbocycles. The van der Waals surface area contributed by atoms with Crippen molar-refractivity contribution in [3.05, 3.63) is 89.3 Å². The van der Waals surface area contributed by atoms with Crippen molar-refractivity contribution in [2.45, 2.75) is 52.7 Å². The van der Waals surface area contributed by atoms with Crippen LogP contribution in [0.3, 0.4) is 0 Å². The molecule has 2 bridgehead atoms. The monoisotopic (exact) mass is 484 g/mol. The number of aliphatic imine (C=N–C) groups is 2. The van der Waals surface area contributed by atoms with Gasteiger partial charge in [-0.15, -0.1) is 0 Å². The van der Waals surface area contributed by atoms with E-state index in [0.717, 1.165) is 48.1 Å². The summed E-state index contributed by atoms with van der Waals surface area (Å²) in [5.41, 5.74) is 17.6. The Labute approximate surface area is 213 Å². The molecule has 3 aliphatic heterocycles. The van der Waals surface area contributed by atoms with Crippen molar-refractivity contribution in [2.24, 2.45) is 21.5 Å². The Morgan fingerprint density at radius 2 is 1.78 bits per heavy atom. The molecule has 5 rings (SSSR count). The zero-order valence-corrected chi connectivity index (χ0v) is 21.6. The zero-order chi connectivity index (χ0) is 25.8. The zero-order valence-electron chi connectivity index (χ0n) is 21.6. The minimum Gasteiger partial charge on any atom is -0.402 e. The number of hydrogen-bond acceptors (Lipinski definition) is 7. The second kappa shape index (κ2) is 10.9. The summed E-state index contributed by atoms with van der Waals surface area (Å²) in [4.78, 5) is 23.1. The second-order valence-corrected chi connectivity index (χ2v) is 9.73. The number of aryl methyl sites for hydroxylation is 1. The quantitative estimate of drug-likeness (QED) is 0.336. The molecule has 0 spiro atoms. The van der Waals surface area contributed by atoms with E-state index in [1.807, 2.05) is 33.2 Å². The number of nitrogens with two attached hydrogens (primary N) is 2. The number of piperazine rings is 1. The first kappa shape index (κ1) is 25.3. The average Bonchev–Trinajstić information content (AvgIpc) is 2.82. The Morgan fingerprint density at radius 3 is 2.39 bits per heavy atom. The number of fused-ring (bicyclic) bond motifs is 2. The number of piperidine rings is 1. The maximum atomic E-state index is 5.83. The molecule has 8 nitrogen and oxygen atoms in total. The van der Waals surface area contributed by atoms with Crippen LogP contribution in [-0.4, -0.2) is 51.6 Å². The van der Waals surface area contributed by atoms with Crippen molar-refractivity contribution in [1.29, 1.82) is 0 Å². The first-order valence-electron chi connectivity index (χ1n) is 12.3. The number of aromatic nitrogens is 2. The molecule has 188 valence electrons. The minimum atomic E-state index is 0.315. The Morgan fingerprint density at radius 1 is 1.03 bits per heavy atom. The molecule has 2 unspecified atom stereocenters. The van der Waals surface area contributed by atoms with Crippen LogP contribution < -0.4 is 16.4 Å². The van der Waals surface area contributed by atoms with Gasteiger partial charge < -0.3 is 16.4 Å². The van der Waals surface area contributed by atoms with E-state index in [1.54, 1.807) is 19.1 Å². The maximum Gasteiger partial charge on any atom is 0.128 e. The van der Waals surface area contributed by atoms with Crippen LogP contribution in [0.5, 0.6) is 0 Å². The van der Waals surface area contributed by atoms with Gasteiger partial charge >= 0.3 is 0 Å². The van der Waals surface area contributed by atoms with Crippen LogP contribution in [0.4, 0.5) is 5.82 Å². The van der Waals surface area contributed by atoms with Crippen LogP contribution in [0.1, 0.15) is 44.0 Å². The molecule has 0 radical (unpaired) electrons. The lowest BCUT2D eigenvalue weighted by molar-refractivity contribution is -0.00875. The summed E-state index contributed by atoms with van der Waals surface area (Å²) >= 11 is 0. The Balaban J connectivity index is 1.35. The van der Waals surface area contributed by atoms with Gasteiger partial charge in [0.25, 0.3) is 0 Å². The molecule has 8 heteroatoms. The lowest BCUT2D eigenvalue weighted by atomic mass is 9.87. The highest BCUT2D eigenvalue weighted by Crippen LogP contribution is 2.35. The predicted molar refractivity (Wildman–Crippen MR) is 148 cm³/mol. The Kier molecular flexibility index (Phi) is 7.64. The van der Waals surface area contributed by atoms with E-state index in [2.05, 4.69) is 55.6 Å². The highest BCUT2D eigenvalue weighted by molar-refractivity contribution is 5.99. The van der Waals surface area contributed by atoms with Crippen LogP contribution in [0.25, 0.3) is 0 Å². The maximum absolute atomic E-state index is 5.83. The number of amidine groups is 1. The van der Waals surface area contributed by atoms with Crippen molar-refractivity contribution in [3.63, 3.8) is 0 Å². The highest BCUT2D eigenvalue weighted by atomic mass is 15.4. The highest BCUT2D eigenvalue weighted by Gasteiger charge is 2.44. The number of rotatable bonds is 8. The van der Waals surface area contributed by atoms with Gasteiger partial charge in [0.05, 0.1) is 5.70 Å². The van der Waals surface area contributed by atoms with Crippen LogP contribution >= 0.6 is 0 Å². The minimum absolute atomic E-state index is 0.315. The van der Waals surface area contributed by atoms with Gasteiger partial charge in [0.1, 0.15) is 11.7 Å². The summed E-state index contributed by atoms with van der Waals surface area (Å²) in [6.07, 6.45) is 8.55. The summed E-state index contributed by atoms with van der Waals surface area (Å²) in [6.45, 7) is 14.6. The van der Waals surface area contributed by atoms with Gasteiger partial charge in [-0.25, -0.2) is 9.98 Å². The van der Waals surface area contributed by atoms with Gasteiger partial charge in [-0.2, -0.15) is 0 Å². The molecule has 2 aromatic rings. The molecule has 0 aromatic carbocycles. The van der Waals surface area contributed by atoms with E-state index in [9.17, 15) is 0 Å². The summed E-state index contributed by atoms with van der Waals surface area (Å²) in [5.74, 6) is 1.33. The Hall–Kier alpha value is -3.78. The van der Waals surface area contributed by atoms with Crippen molar-refractivity contribution >= 4 is 17.4 Å². The molecule has 0 amide bonds. The first-order valence-corrected chi connectivity index (χ1v) is 12.3. The summed E-state index contributed by atoms with van der Waals surface area (Å²) < 4.78 is 0. The topological polar surface area (TPSA) is 109 Å². The number of hydrogen-bond donors (Lipinski definition) is 2. The Bertz CT molecular complexity index is 1210. The fraction of sp³-hybridized carbons (Fsp3) is 0.357. The number of allylic oxidation sites excluding steroid dienone is 3. The van der Waals surface area contributed by atoms with Crippen molar-refractivity contribution in [3.8, 4) is 0 Å². The van der Waals surface area contributed by atoms with Crippen molar-refractivity contribution in [1.82, 2.24) is 14.9 Å². The van der Waals surface area contributed by atoms with Crippen LogP contribution in [0.2, 0.25) is 0 Å². The van der Waals surface area contributed by atoms with E-state index in [4.69, 9.17) is 16.5 Å². The lowest BCUT2D eigenvalue weighted by Crippen LogP contribution is -2.68. The molecule has 0 saturated carbocycles. The summed E-state index contributed by atoms with van der Waals surface area (Å²) in [6, 6.07) is 9.59. The summed E-state index contributed by atoms with van der Waals surface area (Å²) in [5, 5.41) is 0. The smallest absolute Gasteiger partial charge is 0.128 e. The van der Waals surface area contributed by atoms with E-state index in [-0.39, 0.29) is 0 Å². The lowest BCUT2D eigenvalue weighted by Gasteiger charge is -2.56. The molecule has 3 fully saturated rings. The van der Waals surface area contributed by atoms with E-state index in [1.165, 1.54) is 12.0 Å². The van der Waals surface area contributed by atoms with E-state index >= 15 is 0 Å². The van der Waals surface area contributed by atoms with Crippen molar-refractivity contribution in [2.75, 3.05) is 18.0 Å². The second-order valence-electron chi connectivity index (χ2n) is 9.73. The van der Waals surface area contributed by atoms with Crippen LogP contribution in [0.15, 0.2) is 82.5 Å². The molecule has 5 heterocycles. The van der Waals surface area contributed by atoms with E-state index in [0.29, 0.717) is 29.3 Å².